The van der Waals surface area contributed by atoms with Crippen LogP contribution in [0.2, 0.25) is 0 Å². The van der Waals surface area contributed by atoms with Crippen molar-refractivity contribution in [2.24, 2.45) is 0 Å². The Morgan fingerprint density at radius 2 is 2.06 bits per heavy atom. The number of anilines is 1. The predicted molar refractivity (Wildman–Crippen MR) is 62.0 cm³/mol. The molecule has 1 aromatic rings. The van der Waals surface area contributed by atoms with E-state index in [1.165, 1.54) is 18.9 Å². The largest absolute Gasteiger partial charge is 0.487 e. The minimum atomic E-state index is -0.388. The molecule has 1 aromatic carbocycles. The van der Waals surface area contributed by atoms with Crippen LogP contribution < -0.4 is 10.5 Å². The van der Waals surface area contributed by atoms with E-state index < -0.39 is 0 Å². The monoisotopic (exact) mass is 224 g/mol. The summed E-state index contributed by atoms with van der Waals surface area (Å²) < 4.78 is 18.7. The fourth-order valence-corrected chi connectivity index (χ4v) is 1.96. The second kappa shape index (κ2) is 5.16. The fourth-order valence-electron chi connectivity index (χ4n) is 1.96. The topological polar surface area (TPSA) is 38.5 Å². The van der Waals surface area contributed by atoms with Gasteiger partial charge >= 0.3 is 0 Å². The highest BCUT2D eigenvalue weighted by atomic mass is 19.1. The van der Waals surface area contributed by atoms with E-state index in [-0.39, 0.29) is 11.6 Å². The molecule has 1 fully saturated rings. The first-order valence-corrected chi connectivity index (χ1v) is 5.66. The molecule has 0 unspecified atom stereocenters. The highest BCUT2D eigenvalue weighted by Gasteiger charge is 2.12. The maximum Gasteiger partial charge on any atom is 0.177 e. The zero-order chi connectivity index (χ0) is 11.4. The number of ether oxygens (including phenoxy) is 1. The van der Waals surface area contributed by atoms with E-state index in [1.54, 1.807) is 12.1 Å². The maximum absolute atomic E-state index is 13.3. The SMILES string of the molecule is Nc1cccc(F)c1OCCN1CCCC1. The average molecular weight is 224 g/mol. The molecule has 0 bridgehead atoms. The molecule has 88 valence electrons. The van der Waals surface area contributed by atoms with E-state index in [0.29, 0.717) is 12.3 Å². The van der Waals surface area contributed by atoms with Crippen LogP contribution in [0.1, 0.15) is 12.8 Å². The minimum absolute atomic E-state index is 0.182. The summed E-state index contributed by atoms with van der Waals surface area (Å²) in [6, 6.07) is 4.59. The smallest absolute Gasteiger partial charge is 0.177 e. The van der Waals surface area contributed by atoms with Crippen LogP contribution in [-0.2, 0) is 0 Å². The molecule has 0 atom stereocenters. The summed E-state index contributed by atoms with van der Waals surface area (Å²) in [4.78, 5) is 2.32. The van der Waals surface area contributed by atoms with Gasteiger partial charge in [-0.1, -0.05) is 6.07 Å². The van der Waals surface area contributed by atoms with Gasteiger partial charge in [0.1, 0.15) is 6.61 Å². The number of benzene rings is 1. The van der Waals surface area contributed by atoms with Crippen molar-refractivity contribution in [1.29, 1.82) is 0 Å². The molecule has 0 radical (unpaired) electrons. The number of halogens is 1. The number of rotatable bonds is 4. The Hall–Kier alpha value is -1.29. The molecule has 0 aromatic heterocycles. The van der Waals surface area contributed by atoms with Gasteiger partial charge in [0.05, 0.1) is 5.69 Å². The summed E-state index contributed by atoms with van der Waals surface area (Å²) in [6.45, 7) is 3.57. The molecule has 1 aliphatic heterocycles. The van der Waals surface area contributed by atoms with Crippen molar-refractivity contribution in [3.8, 4) is 5.75 Å². The van der Waals surface area contributed by atoms with Crippen molar-refractivity contribution < 1.29 is 9.13 Å². The predicted octanol–water partition coefficient (Wildman–Crippen LogP) is 1.88. The molecule has 16 heavy (non-hydrogen) atoms. The maximum atomic E-state index is 13.3. The average Bonchev–Trinajstić information content (AvgIpc) is 2.75. The zero-order valence-electron chi connectivity index (χ0n) is 9.29. The van der Waals surface area contributed by atoms with Crippen LogP contribution in [0.5, 0.6) is 5.75 Å². The van der Waals surface area contributed by atoms with Gasteiger partial charge in [0.2, 0.25) is 0 Å². The normalized spacial score (nSPS) is 16.6. The van der Waals surface area contributed by atoms with Gasteiger partial charge in [-0.05, 0) is 38.1 Å². The molecule has 0 saturated carbocycles. The molecular weight excluding hydrogens is 207 g/mol. The molecule has 1 heterocycles. The van der Waals surface area contributed by atoms with E-state index in [2.05, 4.69) is 4.90 Å². The van der Waals surface area contributed by atoms with E-state index >= 15 is 0 Å². The standard InChI is InChI=1S/C12H17FN2O/c13-10-4-3-5-11(14)12(10)16-9-8-15-6-1-2-7-15/h3-5H,1-2,6-9,14H2. The number of nitrogens with zero attached hydrogens (tertiary/aromatic N) is 1. The van der Waals surface area contributed by atoms with E-state index in [9.17, 15) is 4.39 Å². The summed E-state index contributed by atoms with van der Waals surface area (Å²) in [7, 11) is 0. The van der Waals surface area contributed by atoms with Crippen molar-refractivity contribution in [3.63, 3.8) is 0 Å². The number of hydrogen-bond donors (Lipinski definition) is 1. The number of nitrogens with two attached hydrogens (primary N) is 1. The van der Waals surface area contributed by atoms with Crippen molar-refractivity contribution in [1.82, 2.24) is 4.90 Å². The highest BCUT2D eigenvalue weighted by molar-refractivity contribution is 5.52. The molecular formula is C12H17FN2O. The third-order valence-electron chi connectivity index (χ3n) is 2.85. The zero-order valence-corrected chi connectivity index (χ0v) is 9.29. The van der Waals surface area contributed by atoms with Crippen molar-refractivity contribution in [2.75, 3.05) is 32.0 Å². The summed E-state index contributed by atoms with van der Waals surface area (Å²) in [5.41, 5.74) is 6.00. The number of para-hydroxylation sites is 1. The van der Waals surface area contributed by atoms with Crippen LogP contribution in [0.15, 0.2) is 18.2 Å². The first kappa shape index (κ1) is 11.2. The lowest BCUT2D eigenvalue weighted by molar-refractivity contribution is 0.232. The van der Waals surface area contributed by atoms with Crippen LogP contribution in [0.25, 0.3) is 0 Å². The Morgan fingerprint density at radius 3 is 2.75 bits per heavy atom. The second-order valence-corrected chi connectivity index (χ2v) is 4.06. The lowest BCUT2D eigenvalue weighted by Crippen LogP contribution is -2.25. The van der Waals surface area contributed by atoms with Crippen molar-refractivity contribution in [2.45, 2.75) is 12.8 Å². The van der Waals surface area contributed by atoms with Gasteiger partial charge in [-0.2, -0.15) is 0 Å². The Bertz CT molecular complexity index is 331. The fraction of sp³-hybridized carbons (Fsp3) is 0.500. The first-order chi connectivity index (χ1) is 7.77. The Kier molecular flexibility index (Phi) is 3.62. The third kappa shape index (κ3) is 2.64. The molecule has 0 aliphatic carbocycles. The molecule has 2 N–H and O–H groups in total. The number of likely N-dealkylation sites (tertiary alicyclic amines) is 1. The van der Waals surface area contributed by atoms with Crippen LogP contribution in [0.3, 0.4) is 0 Å². The molecule has 0 amide bonds. The summed E-state index contributed by atoms with van der Waals surface area (Å²) in [6.07, 6.45) is 2.50. The molecule has 1 aliphatic rings. The van der Waals surface area contributed by atoms with Crippen LogP contribution in [0, 0.1) is 5.82 Å². The summed E-state index contributed by atoms with van der Waals surface area (Å²) in [5.74, 6) is -0.205. The third-order valence-corrected chi connectivity index (χ3v) is 2.85. The second-order valence-electron chi connectivity index (χ2n) is 4.06. The molecule has 3 nitrogen and oxygen atoms in total. The quantitative estimate of drug-likeness (QED) is 0.794. The Labute approximate surface area is 95.0 Å². The van der Waals surface area contributed by atoms with Crippen LogP contribution in [-0.4, -0.2) is 31.1 Å². The van der Waals surface area contributed by atoms with E-state index in [1.807, 2.05) is 0 Å². The van der Waals surface area contributed by atoms with Gasteiger partial charge in [0.25, 0.3) is 0 Å². The van der Waals surface area contributed by atoms with Gasteiger partial charge in [0.15, 0.2) is 11.6 Å². The summed E-state index contributed by atoms with van der Waals surface area (Å²) >= 11 is 0. The van der Waals surface area contributed by atoms with Gasteiger partial charge in [0, 0.05) is 6.54 Å². The molecule has 0 spiro atoms. The highest BCUT2D eigenvalue weighted by Crippen LogP contribution is 2.24. The van der Waals surface area contributed by atoms with E-state index in [4.69, 9.17) is 10.5 Å². The first-order valence-electron chi connectivity index (χ1n) is 5.66. The lowest BCUT2D eigenvalue weighted by Gasteiger charge is -2.15. The molecule has 1 saturated heterocycles. The van der Waals surface area contributed by atoms with Crippen LogP contribution >= 0.6 is 0 Å². The van der Waals surface area contributed by atoms with Gasteiger partial charge in [-0.3, -0.25) is 4.90 Å². The number of nitrogen functional groups attached to an aromatic ring is 1. The number of hydrogen-bond acceptors (Lipinski definition) is 3. The Morgan fingerprint density at radius 1 is 1.31 bits per heavy atom. The van der Waals surface area contributed by atoms with Gasteiger partial charge in [-0.25, -0.2) is 4.39 Å². The van der Waals surface area contributed by atoms with E-state index in [0.717, 1.165) is 19.6 Å². The lowest BCUT2D eigenvalue weighted by atomic mass is 10.3. The Balaban J connectivity index is 1.84. The summed E-state index contributed by atoms with van der Waals surface area (Å²) in [5, 5.41) is 0. The molecule has 4 heteroatoms. The van der Waals surface area contributed by atoms with Crippen molar-refractivity contribution in [3.05, 3.63) is 24.0 Å². The van der Waals surface area contributed by atoms with Crippen molar-refractivity contribution >= 4 is 5.69 Å². The van der Waals surface area contributed by atoms with Gasteiger partial charge < -0.3 is 10.5 Å². The van der Waals surface area contributed by atoms with Gasteiger partial charge in [-0.15, -0.1) is 0 Å². The molecule has 2 rings (SSSR count). The van der Waals surface area contributed by atoms with Crippen LogP contribution in [0.4, 0.5) is 10.1 Å². The minimum Gasteiger partial charge on any atom is -0.487 e.